The molecule has 1 aliphatic rings. The van der Waals surface area contributed by atoms with Crippen molar-refractivity contribution in [3.05, 3.63) is 101 Å². The minimum Gasteiger partial charge on any atom is -0.480 e. The second-order valence-corrected chi connectivity index (χ2v) is 12.1. The molecule has 1 aliphatic carbocycles. The fourth-order valence-electron chi connectivity index (χ4n) is 5.56. The van der Waals surface area contributed by atoms with Crippen LogP contribution in [0.25, 0.3) is 10.8 Å². The van der Waals surface area contributed by atoms with E-state index in [1.165, 1.54) is 18.4 Å². The molecule has 1 unspecified atom stereocenters. The molecule has 1 fully saturated rings. The van der Waals surface area contributed by atoms with Crippen LogP contribution in [0.1, 0.15) is 73.8 Å². The number of carbonyl (C=O) groups is 2. The second kappa shape index (κ2) is 12.1. The highest BCUT2D eigenvalue weighted by Gasteiger charge is 2.24. The SMILES string of the molecule is CC(C)(C)c1ccc(Oc2ccc3cc(C(=O)NC(Cc4ccccc4)C(=O)O)nc(CC4CCCC4)c3c2)cc1. The van der Waals surface area contributed by atoms with E-state index < -0.39 is 17.9 Å². The molecule has 1 aromatic heterocycles. The molecular formula is C35H38N2O4. The molecule has 3 aromatic carbocycles. The van der Waals surface area contributed by atoms with Crippen LogP contribution in [0, 0.1) is 5.92 Å². The lowest BCUT2D eigenvalue weighted by Gasteiger charge is -2.19. The molecule has 1 saturated carbocycles. The van der Waals surface area contributed by atoms with Crippen LogP contribution in [-0.2, 0) is 23.1 Å². The number of benzene rings is 3. The van der Waals surface area contributed by atoms with Gasteiger partial charge in [0.1, 0.15) is 23.2 Å². The van der Waals surface area contributed by atoms with E-state index in [2.05, 4.69) is 38.2 Å². The summed E-state index contributed by atoms with van der Waals surface area (Å²) in [6.45, 7) is 6.56. The molecule has 0 spiro atoms. The molecule has 0 aliphatic heterocycles. The van der Waals surface area contributed by atoms with E-state index in [9.17, 15) is 14.7 Å². The quantitative estimate of drug-likeness (QED) is 0.225. The van der Waals surface area contributed by atoms with Crippen LogP contribution >= 0.6 is 0 Å². The standard InChI is InChI=1S/C35H38N2O4/c1-35(2,3)26-14-17-27(18-15-26)41-28-16-13-25-21-31(36-30(29(25)22-28)19-23-11-7-8-12-23)33(38)37-32(34(39)40)20-24-9-5-4-6-10-24/h4-6,9-10,13-18,21-23,32H,7-8,11-12,19-20H2,1-3H3,(H,37,38)(H,39,40). The van der Waals surface area contributed by atoms with Crippen molar-refractivity contribution in [2.45, 2.75) is 70.8 Å². The minimum absolute atomic E-state index is 0.0678. The van der Waals surface area contributed by atoms with Gasteiger partial charge in [0.25, 0.3) is 5.91 Å². The van der Waals surface area contributed by atoms with Gasteiger partial charge in [0, 0.05) is 17.5 Å². The Balaban J connectivity index is 1.42. The Morgan fingerprint density at radius 3 is 2.29 bits per heavy atom. The van der Waals surface area contributed by atoms with Crippen molar-refractivity contribution in [1.82, 2.24) is 10.3 Å². The Bertz CT molecular complexity index is 1520. The highest BCUT2D eigenvalue weighted by Crippen LogP contribution is 2.33. The molecule has 6 heteroatoms. The van der Waals surface area contributed by atoms with E-state index in [4.69, 9.17) is 9.72 Å². The summed E-state index contributed by atoms with van der Waals surface area (Å²) in [5, 5.41) is 14.3. The first-order valence-corrected chi connectivity index (χ1v) is 14.5. The average molecular weight is 551 g/mol. The zero-order chi connectivity index (χ0) is 29.0. The van der Waals surface area contributed by atoms with E-state index in [0.717, 1.165) is 47.0 Å². The van der Waals surface area contributed by atoms with E-state index in [1.807, 2.05) is 60.7 Å². The predicted molar refractivity (Wildman–Crippen MR) is 162 cm³/mol. The zero-order valence-corrected chi connectivity index (χ0v) is 24.0. The van der Waals surface area contributed by atoms with Crippen molar-refractivity contribution in [3.63, 3.8) is 0 Å². The zero-order valence-electron chi connectivity index (χ0n) is 24.0. The third-order valence-electron chi connectivity index (χ3n) is 7.91. The van der Waals surface area contributed by atoms with Gasteiger partial charge in [-0.2, -0.15) is 0 Å². The van der Waals surface area contributed by atoms with Crippen molar-refractivity contribution in [3.8, 4) is 11.5 Å². The molecule has 0 radical (unpaired) electrons. The number of hydrogen-bond acceptors (Lipinski definition) is 4. The molecule has 1 amide bonds. The summed E-state index contributed by atoms with van der Waals surface area (Å²) >= 11 is 0. The molecule has 5 rings (SSSR count). The number of carboxylic acid groups (broad SMARTS) is 1. The second-order valence-electron chi connectivity index (χ2n) is 12.1. The number of amides is 1. The molecule has 6 nitrogen and oxygen atoms in total. The number of carboxylic acids is 1. The Morgan fingerprint density at radius 1 is 0.951 bits per heavy atom. The summed E-state index contributed by atoms with van der Waals surface area (Å²) in [4.78, 5) is 30.1. The van der Waals surface area contributed by atoms with E-state index in [1.54, 1.807) is 6.07 Å². The largest absolute Gasteiger partial charge is 0.480 e. The van der Waals surface area contributed by atoms with Gasteiger partial charge >= 0.3 is 5.97 Å². The lowest BCUT2D eigenvalue weighted by Crippen LogP contribution is -2.42. The first-order chi connectivity index (χ1) is 19.7. The maximum absolute atomic E-state index is 13.3. The molecule has 0 bridgehead atoms. The van der Waals surface area contributed by atoms with Gasteiger partial charge in [0.05, 0.1) is 0 Å². The van der Waals surface area contributed by atoms with Crippen LogP contribution in [0.3, 0.4) is 0 Å². The van der Waals surface area contributed by atoms with Crippen LogP contribution < -0.4 is 10.1 Å². The van der Waals surface area contributed by atoms with Crippen molar-refractivity contribution in [2.75, 3.05) is 0 Å². The highest BCUT2D eigenvalue weighted by molar-refractivity contribution is 5.99. The molecule has 1 atom stereocenters. The van der Waals surface area contributed by atoms with Gasteiger partial charge in [-0.3, -0.25) is 4.79 Å². The summed E-state index contributed by atoms with van der Waals surface area (Å²) in [6, 6.07) is 24.0. The summed E-state index contributed by atoms with van der Waals surface area (Å²) in [5.41, 5.74) is 3.23. The van der Waals surface area contributed by atoms with Gasteiger partial charge in [0.2, 0.25) is 0 Å². The molecule has 41 heavy (non-hydrogen) atoms. The topological polar surface area (TPSA) is 88.5 Å². The Morgan fingerprint density at radius 2 is 1.63 bits per heavy atom. The van der Waals surface area contributed by atoms with E-state index in [-0.39, 0.29) is 17.5 Å². The summed E-state index contributed by atoms with van der Waals surface area (Å²) in [7, 11) is 0. The lowest BCUT2D eigenvalue weighted by atomic mass is 9.87. The normalized spacial score (nSPS) is 14.6. The van der Waals surface area contributed by atoms with Crippen LogP contribution in [0.15, 0.2) is 78.9 Å². The summed E-state index contributed by atoms with van der Waals surface area (Å²) in [6.07, 6.45) is 5.68. The highest BCUT2D eigenvalue weighted by atomic mass is 16.5. The van der Waals surface area contributed by atoms with Gasteiger partial charge in [-0.25, -0.2) is 9.78 Å². The molecule has 4 aromatic rings. The first-order valence-electron chi connectivity index (χ1n) is 14.5. The number of ether oxygens (including phenoxy) is 1. The molecule has 0 saturated heterocycles. The van der Waals surface area contributed by atoms with E-state index in [0.29, 0.717) is 11.7 Å². The maximum atomic E-state index is 13.3. The number of nitrogens with one attached hydrogen (secondary N) is 1. The number of carbonyl (C=O) groups excluding carboxylic acids is 1. The lowest BCUT2D eigenvalue weighted by molar-refractivity contribution is -0.139. The maximum Gasteiger partial charge on any atom is 0.326 e. The van der Waals surface area contributed by atoms with Crippen molar-refractivity contribution in [2.24, 2.45) is 5.92 Å². The third-order valence-corrected chi connectivity index (χ3v) is 7.91. The summed E-state index contributed by atoms with van der Waals surface area (Å²) < 4.78 is 6.22. The van der Waals surface area contributed by atoms with Gasteiger partial charge < -0.3 is 15.2 Å². The van der Waals surface area contributed by atoms with Gasteiger partial charge in [0.15, 0.2) is 0 Å². The number of nitrogens with zero attached hydrogens (tertiary/aromatic N) is 1. The minimum atomic E-state index is -1.08. The number of pyridine rings is 1. The number of rotatable bonds is 9. The number of aromatic nitrogens is 1. The van der Waals surface area contributed by atoms with Gasteiger partial charge in [-0.15, -0.1) is 0 Å². The number of fused-ring (bicyclic) bond motifs is 1. The van der Waals surface area contributed by atoms with Crippen LogP contribution in [0.5, 0.6) is 11.5 Å². The Labute approximate surface area is 241 Å². The van der Waals surface area contributed by atoms with Crippen molar-refractivity contribution >= 4 is 22.6 Å². The van der Waals surface area contributed by atoms with E-state index >= 15 is 0 Å². The van der Waals surface area contributed by atoms with Crippen LogP contribution in [-0.4, -0.2) is 28.0 Å². The predicted octanol–water partition coefficient (Wildman–Crippen LogP) is 7.48. The van der Waals surface area contributed by atoms with Crippen LogP contribution in [0.2, 0.25) is 0 Å². The third kappa shape index (κ3) is 7.12. The first kappa shape index (κ1) is 28.3. The molecule has 1 heterocycles. The van der Waals surface area contributed by atoms with Crippen LogP contribution in [0.4, 0.5) is 0 Å². The fourth-order valence-corrected chi connectivity index (χ4v) is 5.56. The summed E-state index contributed by atoms with van der Waals surface area (Å²) in [5.74, 6) is 0.426. The average Bonchev–Trinajstić information content (AvgIpc) is 3.46. The van der Waals surface area contributed by atoms with Gasteiger partial charge in [-0.05, 0) is 64.6 Å². The fraction of sp³-hybridized carbons (Fsp3) is 0.343. The van der Waals surface area contributed by atoms with Crippen molar-refractivity contribution < 1.29 is 19.4 Å². The smallest absolute Gasteiger partial charge is 0.326 e. The van der Waals surface area contributed by atoms with Gasteiger partial charge in [-0.1, -0.05) is 95.0 Å². The molecular weight excluding hydrogens is 512 g/mol. The van der Waals surface area contributed by atoms with Crippen molar-refractivity contribution in [1.29, 1.82) is 0 Å². The molecule has 212 valence electrons. The monoisotopic (exact) mass is 550 g/mol. The number of aliphatic carboxylic acids is 1. The Kier molecular flexibility index (Phi) is 8.39. The molecule has 2 N–H and O–H groups in total. The Hall–Kier alpha value is -4.19. The number of hydrogen-bond donors (Lipinski definition) is 2.